The molecular formula is C18H28N2O3. The van der Waals surface area contributed by atoms with Crippen LogP contribution in [0.25, 0.3) is 0 Å². The Morgan fingerprint density at radius 2 is 1.83 bits per heavy atom. The van der Waals surface area contributed by atoms with Gasteiger partial charge in [0.15, 0.2) is 0 Å². The van der Waals surface area contributed by atoms with E-state index in [4.69, 9.17) is 4.74 Å². The van der Waals surface area contributed by atoms with Crippen LogP contribution in [0.15, 0.2) is 30.3 Å². The van der Waals surface area contributed by atoms with Crippen LogP contribution >= 0.6 is 0 Å². The third-order valence-electron chi connectivity index (χ3n) is 3.64. The van der Waals surface area contributed by atoms with E-state index in [1.807, 2.05) is 44.2 Å². The zero-order valence-corrected chi connectivity index (χ0v) is 14.5. The molecule has 2 amide bonds. The normalized spacial score (nSPS) is 12.0. The fourth-order valence-electron chi connectivity index (χ4n) is 2.23. The average Bonchev–Trinajstić information content (AvgIpc) is 2.56. The summed E-state index contributed by atoms with van der Waals surface area (Å²) < 4.78 is 4.96. The fourth-order valence-corrected chi connectivity index (χ4v) is 2.23. The van der Waals surface area contributed by atoms with Crippen LogP contribution < -0.4 is 5.32 Å². The Labute approximate surface area is 139 Å². The molecule has 0 aliphatic heterocycles. The predicted molar refractivity (Wildman–Crippen MR) is 90.8 cm³/mol. The largest absolute Gasteiger partial charge is 0.385 e. The molecule has 0 unspecified atom stereocenters. The van der Waals surface area contributed by atoms with Gasteiger partial charge in [0.1, 0.15) is 6.04 Å². The van der Waals surface area contributed by atoms with Gasteiger partial charge in [-0.15, -0.1) is 0 Å². The molecule has 0 heterocycles. The van der Waals surface area contributed by atoms with Gasteiger partial charge in [0.25, 0.3) is 0 Å². The summed E-state index contributed by atoms with van der Waals surface area (Å²) in [6.07, 6.45) is 0.756. The molecule has 0 radical (unpaired) electrons. The predicted octanol–water partition coefficient (Wildman–Crippen LogP) is 2.21. The summed E-state index contributed by atoms with van der Waals surface area (Å²) in [6, 6.07) is 9.22. The smallest absolute Gasteiger partial charge is 0.242 e. The van der Waals surface area contributed by atoms with Gasteiger partial charge in [0.2, 0.25) is 11.8 Å². The van der Waals surface area contributed by atoms with Gasteiger partial charge in [-0.1, -0.05) is 44.2 Å². The Balaban J connectivity index is 2.74. The molecule has 0 fully saturated rings. The Morgan fingerprint density at radius 3 is 2.39 bits per heavy atom. The first-order chi connectivity index (χ1) is 11.0. The van der Waals surface area contributed by atoms with Crippen molar-refractivity contribution in [2.45, 2.75) is 39.8 Å². The quantitative estimate of drug-likeness (QED) is 0.710. The Hall–Kier alpha value is -1.88. The highest BCUT2D eigenvalue weighted by molar-refractivity contribution is 5.88. The van der Waals surface area contributed by atoms with Gasteiger partial charge in [0, 0.05) is 32.7 Å². The van der Waals surface area contributed by atoms with Crippen molar-refractivity contribution in [3.8, 4) is 0 Å². The number of hydrogen-bond donors (Lipinski definition) is 1. The van der Waals surface area contributed by atoms with Crippen LogP contribution in [0.2, 0.25) is 0 Å². The van der Waals surface area contributed by atoms with E-state index in [1.165, 1.54) is 0 Å². The van der Waals surface area contributed by atoms with Crippen molar-refractivity contribution in [1.29, 1.82) is 0 Å². The number of nitrogens with one attached hydrogen (secondary N) is 1. The van der Waals surface area contributed by atoms with Gasteiger partial charge in [0.05, 0.1) is 0 Å². The van der Waals surface area contributed by atoms with Gasteiger partial charge < -0.3 is 15.0 Å². The Kier molecular flexibility index (Phi) is 8.33. The van der Waals surface area contributed by atoms with Crippen molar-refractivity contribution in [3.05, 3.63) is 35.9 Å². The summed E-state index contributed by atoms with van der Waals surface area (Å²) in [5, 5.41) is 2.86. The lowest BCUT2D eigenvalue weighted by atomic mass is 10.1. The van der Waals surface area contributed by atoms with Gasteiger partial charge in [-0.2, -0.15) is 0 Å². The second-order valence-corrected chi connectivity index (χ2v) is 5.92. The van der Waals surface area contributed by atoms with Crippen LogP contribution in [0.1, 0.15) is 32.8 Å². The maximum absolute atomic E-state index is 12.5. The van der Waals surface area contributed by atoms with E-state index >= 15 is 0 Å². The standard InChI is InChI=1S/C18H28N2O3/c1-14(2)18(22)20(13-16-9-6-5-7-10-16)15(3)17(21)19-11-8-12-23-4/h5-7,9-10,14-15H,8,11-13H2,1-4H3,(H,19,21)/t15-/m1/s1. The maximum Gasteiger partial charge on any atom is 0.242 e. The fraction of sp³-hybridized carbons (Fsp3) is 0.556. The summed E-state index contributed by atoms with van der Waals surface area (Å²) >= 11 is 0. The second kappa shape index (κ2) is 10.0. The third-order valence-corrected chi connectivity index (χ3v) is 3.64. The number of hydrogen-bond acceptors (Lipinski definition) is 3. The SMILES string of the molecule is COCCCNC(=O)[C@@H](C)N(Cc1ccccc1)C(=O)C(C)C. The minimum Gasteiger partial charge on any atom is -0.385 e. The van der Waals surface area contributed by atoms with Crippen molar-refractivity contribution in [2.75, 3.05) is 20.3 Å². The first-order valence-corrected chi connectivity index (χ1v) is 8.08. The van der Waals surface area contributed by atoms with Gasteiger partial charge >= 0.3 is 0 Å². The molecule has 0 saturated carbocycles. The summed E-state index contributed by atoms with van der Waals surface area (Å²) in [5.41, 5.74) is 1.01. The molecule has 5 nitrogen and oxygen atoms in total. The molecule has 0 aliphatic carbocycles. The number of carbonyl (C=O) groups excluding carboxylic acids is 2. The number of ether oxygens (including phenoxy) is 1. The van der Waals surface area contributed by atoms with Gasteiger partial charge in [-0.25, -0.2) is 0 Å². The lowest BCUT2D eigenvalue weighted by Gasteiger charge is -2.30. The molecular weight excluding hydrogens is 292 g/mol. The van der Waals surface area contributed by atoms with Crippen molar-refractivity contribution in [2.24, 2.45) is 5.92 Å². The molecule has 1 atom stereocenters. The molecule has 0 bridgehead atoms. The summed E-state index contributed by atoms with van der Waals surface area (Å²) in [4.78, 5) is 26.5. The van der Waals surface area contributed by atoms with E-state index in [0.717, 1.165) is 12.0 Å². The number of benzene rings is 1. The number of methoxy groups -OCH3 is 1. The molecule has 0 aliphatic rings. The molecule has 0 spiro atoms. The lowest BCUT2D eigenvalue weighted by Crippen LogP contribution is -2.49. The minimum absolute atomic E-state index is 0.0200. The van der Waals surface area contributed by atoms with Crippen molar-refractivity contribution in [3.63, 3.8) is 0 Å². The van der Waals surface area contributed by atoms with Crippen LogP contribution in [0.4, 0.5) is 0 Å². The third kappa shape index (κ3) is 6.40. The van der Waals surface area contributed by atoms with E-state index in [1.54, 1.807) is 18.9 Å². The molecule has 1 rings (SSSR count). The molecule has 0 aromatic heterocycles. The summed E-state index contributed by atoms with van der Waals surface area (Å²) in [5.74, 6) is -0.304. The van der Waals surface area contributed by atoms with E-state index in [0.29, 0.717) is 19.7 Å². The van der Waals surface area contributed by atoms with Crippen molar-refractivity contribution >= 4 is 11.8 Å². The first-order valence-electron chi connectivity index (χ1n) is 8.08. The van der Waals surface area contributed by atoms with Gasteiger partial charge in [-0.3, -0.25) is 9.59 Å². The molecule has 1 aromatic carbocycles. The molecule has 23 heavy (non-hydrogen) atoms. The molecule has 0 saturated heterocycles. The van der Waals surface area contributed by atoms with E-state index in [9.17, 15) is 9.59 Å². The lowest BCUT2D eigenvalue weighted by molar-refractivity contribution is -0.143. The molecule has 1 aromatic rings. The maximum atomic E-state index is 12.5. The molecule has 5 heteroatoms. The topological polar surface area (TPSA) is 58.6 Å². The monoisotopic (exact) mass is 320 g/mol. The van der Waals surface area contributed by atoms with E-state index in [2.05, 4.69) is 5.32 Å². The summed E-state index contributed by atoms with van der Waals surface area (Å²) in [6.45, 7) is 7.06. The van der Waals surface area contributed by atoms with Crippen molar-refractivity contribution in [1.82, 2.24) is 10.2 Å². The minimum atomic E-state index is -0.507. The molecule has 1 N–H and O–H groups in total. The highest BCUT2D eigenvalue weighted by Gasteiger charge is 2.27. The Morgan fingerprint density at radius 1 is 1.17 bits per heavy atom. The Bertz CT molecular complexity index is 488. The van der Waals surface area contributed by atoms with E-state index in [-0.39, 0.29) is 17.7 Å². The second-order valence-electron chi connectivity index (χ2n) is 5.92. The van der Waals surface area contributed by atoms with Crippen LogP contribution in [0.5, 0.6) is 0 Å². The van der Waals surface area contributed by atoms with Crippen LogP contribution in [0, 0.1) is 5.92 Å². The zero-order chi connectivity index (χ0) is 17.2. The number of nitrogens with zero attached hydrogens (tertiary/aromatic N) is 1. The average molecular weight is 320 g/mol. The highest BCUT2D eigenvalue weighted by Crippen LogP contribution is 2.13. The van der Waals surface area contributed by atoms with Crippen molar-refractivity contribution < 1.29 is 14.3 Å². The first kappa shape index (κ1) is 19.2. The van der Waals surface area contributed by atoms with Crippen LogP contribution in [-0.4, -0.2) is 43.0 Å². The van der Waals surface area contributed by atoms with Crippen LogP contribution in [0.3, 0.4) is 0 Å². The number of amides is 2. The van der Waals surface area contributed by atoms with Gasteiger partial charge in [-0.05, 0) is 18.9 Å². The van der Waals surface area contributed by atoms with E-state index < -0.39 is 6.04 Å². The molecule has 128 valence electrons. The zero-order valence-electron chi connectivity index (χ0n) is 14.5. The number of carbonyl (C=O) groups is 2. The summed E-state index contributed by atoms with van der Waals surface area (Å²) in [7, 11) is 1.63. The number of rotatable bonds is 9. The highest BCUT2D eigenvalue weighted by atomic mass is 16.5. The van der Waals surface area contributed by atoms with Crippen LogP contribution in [-0.2, 0) is 20.9 Å².